The zero-order chi connectivity index (χ0) is 16.3. The third-order valence-corrected chi connectivity index (χ3v) is 2.24. The second kappa shape index (κ2) is 6.31. The van der Waals surface area contributed by atoms with Crippen LogP contribution in [0.2, 0.25) is 0 Å². The number of alkyl halides is 6. The first-order valence-corrected chi connectivity index (χ1v) is 5.43. The number of aliphatic carboxylic acids is 1. The van der Waals surface area contributed by atoms with E-state index in [4.69, 9.17) is 5.11 Å². The van der Waals surface area contributed by atoms with Gasteiger partial charge < -0.3 is 10.4 Å². The molecular formula is C10H13F6NO3. The maximum Gasteiger partial charge on any atom is 0.409 e. The van der Waals surface area contributed by atoms with Crippen LogP contribution in [0.25, 0.3) is 0 Å². The van der Waals surface area contributed by atoms with Crippen molar-refractivity contribution >= 4 is 11.9 Å². The Labute approximate surface area is 110 Å². The average Bonchev–Trinajstić information content (AvgIpc) is 2.09. The predicted octanol–water partition coefficient (Wildman–Crippen LogP) is 2.34. The number of hydrogen-bond acceptors (Lipinski definition) is 2. The smallest absolute Gasteiger partial charge is 0.409 e. The van der Waals surface area contributed by atoms with Crippen molar-refractivity contribution in [2.24, 2.45) is 11.8 Å². The number of halogens is 6. The van der Waals surface area contributed by atoms with Crippen LogP contribution in [0.3, 0.4) is 0 Å². The lowest BCUT2D eigenvalue weighted by Gasteiger charge is -2.24. The van der Waals surface area contributed by atoms with Crippen molar-refractivity contribution in [3.8, 4) is 0 Å². The van der Waals surface area contributed by atoms with Gasteiger partial charge in [0.2, 0.25) is 11.8 Å². The second-order valence-corrected chi connectivity index (χ2v) is 4.55. The van der Waals surface area contributed by atoms with Crippen molar-refractivity contribution in [2.75, 3.05) is 0 Å². The molecule has 118 valence electrons. The molecule has 0 saturated heterocycles. The van der Waals surface area contributed by atoms with Crippen molar-refractivity contribution in [3.05, 3.63) is 0 Å². The van der Waals surface area contributed by atoms with E-state index < -0.39 is 36.2 Å². The molecule has 20 heavy (non-hydrogen) atoms. The Morgan fingerprint density at radius 1 is 1.05 bits per heavy atom. The van der Waals surface area contributed by atoms with Crippen LogP contribution in [0.4, 0.5) is 26.3 Å². The van der Waals surface area contributed by atoms with Crippen molar-refractivity contribution in [2.45, 2.75) is 38.7 Å². The summed E-state index contributed by atoms with van der Waals surface area (Å²) >= 11 is 0. The van der Waals surface area contributed by atoms with E-state index in [2.05, 4.69) is 0 Å². The first-order valence-electron chi connectivity index (χ1n) is 5.43. The Hall–Kier alpha value is -1.48. The van der Waals surface area contributed by atoms with Crippen LogP contribution in [-0.4, -0.2) is 35.4 Å². The molecule has 0 aliphatic carbocycles. The molecule has 0 spiro atoms. The van der Waals surface area contributed by atoms with E-state index >= 15 is 0 Å². The monoisotopic (exact) mass is 309 g/mol. The van der Waals surface area contributed by atoms with Crippen LogP contribution in [-0.2, 0) is 9.59 Å². The molecule has 4 nitrogen and oxygen atoms in total. The van der Waals surface area contributed by atoms with Gasteiger partial charge in [-0.2, -0.15) is 26.3 Å². The number of carbonyl (C=O) groups excluding carboxylic acids is 1. The maximum atomic E-state index is 12.3. The van der Waals surface area contributed by atoms with Gasteiger partial charge in [0.15, 0.2) is 0 Å². The fraction of sp³-hybridized carbons (Fsp3) is 0.800. The first-order chi connectivity index (χ1) is 8.76. The van der Waals surface area contributed by atoms with Gasteiger partial charge in [-0.05, 0) is 12.3 Å². The van der Waals surface area contributed by atoms with E-state index in [1.165, 1.54) is 19.2 Å². The molecule has 1 atom stereocenters. The summed E-state index contributed by atoms with van der Waals surface area (Å²) in [5, 5.41) is 9.96. The lowest BCUT2D eigenvalue weighted by atomic mass is 10.0. The normalized spacial score (nSPS) is 14.5. The Bertz CT molecular complexity index is 349. The number of rotatable bonds is 5. The molecule has 0 aromatic carbocycles. The molecule has 0 saturated carbocycles. The molecule has 1 amide bonds. The Morgan fingerprint density at radius 3 is 1.70 bits per heavy atom. The van der Waals surface area contributed by atoms with Gasteiger partial charge in [0, 0.05) is 0 Å². The third kappa shape index (κ3) is 5.66. The van der Waals surface area contributed by atoms with Crippen molar-refractivity contribution < 1.29 is 41.0 Å². The molecule has 0 aliphatic rings. The van der Waals surface area contributed by atoms with E-state index in [0.29, 0.717) is 0 Å². The molecule has 0 aliphatic heterocycles. The first kappa shape index (κ1) is 18.5. The molecule has 0 fully saturated rings. The van der Waals surface area contributed by atoms with Crippen LogP contribution in [0.5, 0.6) is 0 Å². The second-order valence-electron chi connectivity index (χ2n) is 4.55. The fourth-order valence-corrected chi connectivity index (χ4v) is 1.43. The summed E-state index contributed by atoms with van der Waals surface area (Å²) in [5.41, 5.74) is 0. The van der Waals surface area contributed by atoms with Crippen LogP contribution in [0.15, 0.2) is 0 Å². The van der Waals surface area contributed by atoms with E-state index in [-0.39, 0.29) is 12.3 Å². The molecule has 0 radical (unpaired) electrons. The van der Waals surface area contributed by atoms with Gasteiger partial charge in [0.25, 0.3) is 0 Å². The molecule has 0 aromatic heterocycles. The van der Waals surface area contributed by atoms with E-state index in [0.717, 1.165) is 0 Å². The zero-order valence-corrected chi connectivity index (χ0v) is 10.5. The lowest BCUT2D eigenvalue weighted by molar-refractivity contribution is -0.274. The van der Waals surface area contributed by atoms with Gasteiger partial charge in [0.05, 0.1) is 0 Å². The topological polar surface area (TPSA) is 66.4 Å². The SMILES string of the molecule is CC(C)CC(NC(=O)C(C(F)(F)F)C(F)(F)F)C(=O)O. The van der Waals surface area contributed by atoms with Crippen molar-refractivity contribution in [1.29, 1.82) is 0 Å². The van der Waals surface area contributed by atoms with Gasteiger partial charge >= 0.3 is 18.3 Å². The molecular weight excluding hydrogens is 296 g/mol. The summed E-state index contributed by atoms with van der Waals surface area (Å²) in [7, 11) is 0. The quantitative estimate of drug-likeness (QED) is 0.766. The van der Waals surface area contributed by atoms with Crippen LogP contribution >= 0.6 is 0 Å². The summed E-state index contributed by atoms with van der Waals surface area (Å²) in [6.45, 7) is 3.01. The average molecular weight is 309 g/mol. The summed E-state index contributed by atoms with van der Waals surface area (Å²) in [4.78, 5) is 21.8. The van der Waals surface area contributed by atoms with E-state index in [1.807, 2.05) is 0 Å². The Morgan fingerprint density at radius 2 is 1.45 bits per heavy atom. The highest BCUT2D eigenvalue weighted by Crippen LogP contribution is 2.39. The molecule has 0 aromatic rings. The number of nitrogens with one attached hydrogen (secondary N) is 1. The summed E-state index contributed by atoms with van der Waals surface area (Å²) in [5.74, 6) is -8.70. The number of hydrogen-bond donors (Lipinski definition) is 2. The van der Waals surface area contributed by atoms with Gasteiger partial charge in [-0.3, -0.25) is 4.79 Å². The van der Waals surface area contributed by atoms with Gasteiger partial charge in [-0.25, -0.2) is 4.79 Å². The number of carboxylic acid groups (broad SMARTS) is 1. The van der Waals surface area contributed by atoms with Crippen LogP contribution < -0.4 is 5.32 Å². The maximum absolute atomic E-state index is 12.3. The van der Waals surface area contributed by atoms with E-state index in [9.17, 15) is 35.9 Å². The standard InChI is InChI=1S/C10H13F6NO3/c1-4(2)3-5(8(19)20)17-7(18)6(9(11,12)13)10(14,15)16/h4-6H,3H2,1-2H3,(H,17,18)(H,19,20). The number of amides is 1. The molecule has 1 unspecified atom stereocenters. The minimum Gasteiger partial charge on any atom is -0.480 e. The fourth-order valence-electron chi connectivity index (χ4n) is 1.43. The summed E-state index contributed by atoms with van der Waals surface area (Å²) in [6, 6.07) is -1.81. The molecule has 10 heteroatoms. The van der Waals surface area contributed by atoms with Crippen molar-refractivity contribution in [3.63, 3.8) is 0 Å². The number of carbonyl (C=O) groups is 2. The predicted molar refractivity (Wildman–Crippen MR) is 54.6 cm³/mol. The van der Waals surface area contributed by atoms with Crippen molar-refractivity contribution in [1.82, 2.24) is 5.32 Å². The molecule has 0 heterocycles. The van der Waals surface area contributed by atoms with Gasteiger partial charge in [0.1, 0.15) is 6.04 Å². The minimum atomic E-state index is -5.84. The molecule has 0 rings (SSSR count). The van der Waals surface area contributed by atoms with E-state index in [1.54, 1.807) is 0 Å². The summed E-state index contributed by atoms with van der Waals surface area (Å²) < 4.78 is 73.5. The number of carboxylic acids is 1. The van der Waals surface area contributed by atoms with Gasteiger partial charge in [-0.1, -0.05) is 13.8 Å². The molecule has 2 N–H and O–H groups in total. The largest absolute Gasteiger partial charge is 0.480 e. The van der Waals surface area contributed by atoms with Crippen LogP contribution in [0, 0.1) is 11.8 Å². The Kier molecular flexibility index (Phi) is 5.85. The highest BCUT2D eigenvalue weighted by atomic mass is 19.4. The van der Waals surface area contributed by atoms with Gasteiger partial charge in [-0.15, -0.1) is 0 Å². The summed E-state index contributed by atoms with van der Waals surface area (Å²) in [6.07, 6.45) is -12.0. The Balaban J connectivity index is 5.14. The molecule has 0 bridgehead atoms. The minimum absolute atomic E-state index is 0.288. The zero-order valence-electron chi connectivity index (χ0n) is 10.5. The highest BCUT2D eigenvalue weighted by Gasteiger charge is 2.61. The highest BCUT2D eigenvalue weighted by molar-refractivity contribution is 5.85. The lowest BCUT2D eigenvalue weighted by Crippen LogP contribution is -2.52. The third-order valence-electron chi connectivity index (χ3n) is 2.24. The van der Waals surface area contributed by atoms with Crippen LogP contribution in [0.1, 0.15) is 20.3 Å².